The highest BCUT2D eigenvalue weighted by Gasteiger charge is 2.27. The molecule has 0 radical (unpaired) electrons. The number of unbranched alkanes of at least 4 members (excludes halogenated alkanes) is 3. The standard InChI is InChI=1S/C13H23N3O4S/c1-3-5-6-7-9-20-13(17)11-12(21(14,18)19)10(8-4-2)15-16-11/h3-9H2,1-2H3,(H,15,16)(H2,14,18,19). The quantitative estimate of drug-likeness (QED) is 0.532. The van der Waals surface area contributed by atoms with Crippen molar-refractivity contribution in [2.45, 2.75) is 57.3 Å². The van der Waals surface area contributed by atoms with Gasteiger partial charge in [0.25, 0.3) is 0 Å². The number of hydrogen-bond donors (Lipinski definition) is 2. The van der Waals surface area contributed by atoms with Crippen molar-refractivity contribution in [3.63, 3.8) is 0 Å². The number of hydrogen-bond acceptors (Lipinski definition) is 5. The molecule has 0 spiro atoms. The largest absolute Gasteiger partial charge is 0.461 e. The predicted molar refractivity (Wildman–Crippen MR) is 78.4 cm³/mol. The summed E-state index contributed by atoms with van der Waals surface area (Å²) in [6, 6.07) is 0. The number of nitrogens with one attached hydrogen (secondary N) is 1. The minimum Gasteiger partial charge on any atom is -0.461 e. The minimum atomic E-state index is -4.02. The first-order chi connectivity index (χ1) is 9.91. The van der Waals surface area contributed by atoms with Crippen molar-refractivity contribution in [1.82, 2.24) is 10.2 Å². The topological polar surface area (TPSA) is 115 Å². The molecule has 21 heavy (non-hydrogen) atoms. The van der Waals surface area contributed by atoms with Crippen molar-refractivity contribution in [2.75, 3.05) is 6.61 Å². The molecule has 1 aromatic heterocycles. The molecule has 0 atom stereocenters. The van der Waals surface area contributed by atoms with Crippen LogP contribution in [0.3, 0.4) is 0 Å². The Morgan fingerprint density at radius 2 is 1.95 bits per heavy atom. The monoisotopic (exact) mass is 317 g/mol. The summed E-state index contributed by atoms with van der Waals surface area (Å²) in [5.41, 5.74) is 0.0920. The Labute approximate surface area is 125 Å². The molecule has 0 saturated heterocycles. The van der Waals surface area contributed by atoms with Gasteiger partial charge in [0.2, 0.25) is 10.0 Å². The molecule has 0 unspecified atom stereocenters. The maximum atomic E-state index is 11.9. The van der Waals surface area contributed by atoms with Gasteiger partial charge in [0, 0.05) is 0 Å². The number of nitrogens with zero attached hydrogens (tertiary/aromatic N) is 1. The number of sulfonamides is 1. The van der Waals surface area contributed by atoms with Crippen molar-refractivity contribution in [3.05, 3.63) is 11.4 Å². The average molecular weight is 317 g/mol. The molecule has 0 aliphatic carbocycles. The second kappa shape index (κ2) is 8.14. The number of carbonyl (C=O) groups excluding carboxylic acids is 1. The van der Waals surface area contributed by atoms with Gasteiger partial charge >= 0.3 is 5.97 Å². The second-order valence-corrected chi connectivity index (χ2v) is 6.37. The average Bonchev–Trinajstić information content (AvgIpc) is 2.82. The Morgan fingerprint density at radius 1 is 1.24 bits per heavy atom. The van der Waals surface area contributed by atoms with E-state index in [0.29, 0.717) is 18.5 Å². The normalized spacial score (nSPS) is 11.6. The van der Waals surface area contributed by atoms with Gasteiger partial charge in [0.05, 0.1) is 12.3 Å². The Kier molecular flexibility index (Phi) is 6.83. The van der Waals surface area contributed by atoms with Crippen molar-refractivity contribution in [3.8, 4) is 0 Å². The predicted octanol–water partition coefficient (Wildman–Crippen LogP) is 1.75. The number of rotatable bonds is 9. The van der Waals surface area contributed by atoms with Gasteiger partial charge in [-0.15, -0.1) is 0 Å². The maximum absolute atomic E-state index is 11.9. The SMILES string of the molecule is CCCCCCOC(=O)c1n[nH]c(CCC)c1S(N)(=O)=O. The molecular weight excluding hydrogens is 294 g/mol. The number of ether oxygens (including phenoxy) is 1. The highest BCUT2D eigenvalue weighted by Crippen LogP contribution is 2.19. The van der Waals surface area contributed by atoms with Crippen molar-refractivity contribution in [2.24, 2.45) is 5.14 Å². The lowest BCUT2D eigenvalue weighted by Crippen LogP contribution is -2.18. The molecular formula is C13H23N3O4S. The number of carbonyl (C=O) groups is 1. The van der Waals surface area contributed by atoms with E-state index in [4.69, 9.17) is 9.88 Å². The Morgan fingerprint density at radius 3 is 2.52 bits per heavy atom. The molecule has 0 bridgehead atoms. The number of nitrogens with two attached hydrogens (primary N) is 1. The fourth-order valence-electron chi connectivity index (χ4n) is 1.99. The second-order valence-electron chi connectivity index (χ2n) is 4.87. The van der Waals surface area contributed by atoms with E-state index in [1.807, 2.05) is 6.92 Å². The molecule has 7 nitrogen and oxygen atoms in total. The Hall–Kier alpha value is -1.41. The molecule has 1 heterocycles. The molecule has 0 fully saturated rings. The van der Waals surface area contributed by atoms with Gasteiger partial charge in [0.1, 0.15) is 4.90 Å². The van der Waals surface area contributed by atoms with E-state index < -0.39 is 16.0 Å². The highest BCUT2D eigenvalue weighted by atomic mass is 32.2. The van der Waals surface area contributed by atoms with Gasteiger partial charge in [0.15, 0.2) is 5.69 Å². The van der Waals surface area contributed by atoms with Crippen LogP contribution in [-0.2, 0) is 21.2 Å². The fourth-order valence-corrected chi connectivity index (χ4v) is 2.88. The van der Waals surface area contributed by atoms with Crippen LogP contribution in [0.5, 0.6) is 0 Å². The molecule has 1 aromatic rings. The van der Waals surface area contributed by atoms with Gasteiger partial charge in [-0.05, 0) is 12.8 Å². The summed E-state index contributed by atoms with van der Waals surface area (Å²) in [5.74, 6) is -0.755. The number of aromatic nitrogens is 2. The number of H-pyrrole nitrogens is 1. The summed E-state index contributed by atoms with van der Waals surface area (Å²) in [5, 5.41) is 11.5. The third kappa shape index (κ3) is 5.13. The zero-order valence-electron chi connectivity index (χ0n) is 12.5. The van der Waals surface area contributed by atoms with E-state index in [-0.39, 0.29) is 17.2 Å². The lowest BCUT2D eigenvalue weighted by molar-refractivity contribution is 0.0486. The van der Waals surface area contributed by atoms with Crippen LogP contribution in [0.1, 0.15) is 62.1 Å². The summed E-state index contributed by atoms with van der Waals surface area (Å²) in [6.07, 6.45) is 5.02. The first-order valence-corrected chi connectivity index (χ1v) is 8.73. The van der Waals surface area contributed by atoms with Gasteiger partial charge < -0.3 is 4.74 Å². The molecule has 0 saturated carbocycles. The van der Waals surface area contributed by atoms with E-state index in [0.717, 1.165) is 25.7 Å². The van der Waals surface area contributed by atoms with Crippen LogP contribution >= 0.6 is 0 Å². The van der Waals surface area contributed by atoms with Gasteiger partial charge in [-0.2, -0.15) is 5.10 Å². The first-order valence-electron chi connectivity index (χ1n) is 7.19. The van der Waals surface area contributed by atoms with E-state index in [9.17, 15) is 13.2 Å². The van der Waals surface area contributed by atoms with E-state index in [1.54, 1.807) is 0 Å². The van der Waals surface area contributed by atoms with E-state index in [2.05, 4.69) is 17.1 Å². The summed E-state index contributed by atoms with van der Waals surface area (Å²) >= 11 is 0. The number of esters is 1. The van der Waals surface area contributed by atoms with Crippen LogP contribution in [0.4, 0.5) is 0 Å². The van der Waals surface area contributed by atoms with Crippen LogP contribution in [0, 0.1) is 0 Å². The molecule has 120 valence electrons. The maximum Gasteiger partial charge on any atom is 0.360 e. The zero-order chi connectivity index (χ0) is 15.9. The summed E-state index contributed by atoms with van der Waals surface area (Å²) < 4.78 is 28.3. The van der Waals surface area contributed by atoms with Crippen LogP contribution in [0.25, 0.3) is 0 Å². The third-order valence-electron chi connectivity index (χ3n) is 3.00. The van der Waals surface area contributed by atoms with E-state index in [1.165, 1.54) is 0 Å². The zero-order valence-corrected chi connectivity index (χ0v) is 13.3. The lowest BCUT2D eigenvalue weighted by Gasteiger charge is -2.04. The molecule has 0 aromatic carbocycles. The minimum absolute atomic E-state index is 0.247. The van der Waals surface area contributed by atoms with Crippen LogP contribution in [-0.4, -0.2) is 31.2 Å². The lowest BCUT2D eigenvalue weighted by atomic mass is 10.2. The van der Waals surface area contributed by atoms with Crippen molar-refractivity contribution in [1.29, 1.82) is 0 Å². The van der Waals surface area contributed by atoms with Gasteiger partial charge in [-0.25, -0.2) is 18.4 Å². The number of aromatic amines is 1. The highest BCUT2D eigenvalue weighted by molar-refractivity contribution is 7.89. The number of primary sulfonamides is 1. The molecule has 3 N–H and O–H groups in total. The Bertz CT molecular complexity index is 566. The third-order valence-corrected chi connectivity index (χ3v) is 4.01. The molecule has 8 heteroatoms. The molecule has 0 amide bonds. The molecule has 0 aliphatic heterocycles. The van der Waals surface area contributed by atoms with Gasteiger partial charge in [-0.1, -0.05) is 39.5 Å². The smallest absolute Gasteiger partial charge is 0.360 e. The first kappa shape index (κ1) is 17.6. The molecule has 1 rings (SSSR count). The number of aryl methyl sites for hydroxylation is 1. The van der Waals surface area contributed by atoms with Crippen molar-refractivity contribution >= 4 is 16.0 Å². The van der Waals surface area contributed by atoms with Crippen LogP contribution in [0.15, 0.2) is 4.90 Å². The van der Waals surface area contributed by atoms with E-state index >= 15 is 0 Å². The summed E-state index contributed by atoms with van der Waals surface area (Å²) in [7, 11) is -4.02. The summed E-state index contributed by atoms with van der Waals surface area (Å²) in [6.45, 7) is 4.22. The van der Waals surface area contributed by atoms with Crippen molar-refractivity contribution < 1.29 is 17.9 Å². The summed E-state index contributed by atoms with van der Waals surface area (Å²) in [4.78, 5) is 11.7. The van der Waals surface area contributed by atoms with Gasteiger partial charge in [-0.3, -0.25) is 5.10 Å². The van der Waals surface area contributed by atoms with Crippen LogP contribution < -0.4 is 5.14 Å². The fraction of sp³-hybridized carbons (Fsp3) is 0.692. The Balaban J connectivity index is 2.80. The van der Waals surface area contributed by atoms with Crippen LogP contribution in [0.2, 0.25) is 0 Å². The molecule has 0 aliphatic rings.